The summed E-state index contributed by atoms with van der Waals surface area (Å²) in [6, 6.07) is 9.45. The van der Waals surface area contributed by atoms with Crippen LogP contribution in [0.15, 0.2) is 30.3 Å². The molecule has 1 rings (SSSR count). The Balaban J connectivity index is 2.71. The minimum absolute atomic E-state index is 0.0494. The van der Waals surface area contributed by atoms with Gasteiger partial charge in [-0.3, -0.25) is 14.5 Å². The number of nitrogens with one attached hydrogen (secondary N) is 1. The summed E-state index contributed by atoms with van der Waals surface area (Å²) < 4.78 is 4.85. The lowest BCUT2D eigenvalue weighted by Crippen LogP contribution is -2.38. The van der Waals surface area contributed by atoms with E-state index in [0.717, 1.165) is 5.56 Å². The maximum Gasteiger partial charge on any atom is 0.314 e. The highest BCUT2D eigenvalue weighted by atomic mass is 16.5. The van der Waals surface area contributed by atoms with Crippen molar-refractivity contribution >= 4 is 11.9 Å². The molecule has 1 unspecified atom stereocenters. The van der Waals surface area contributed by atoms with E-state index in [1.54, 1.807) is 0 Å². The second kappa shape index (κ2) is 8.32. The summed E-state index contributed by atoms with van der Waals surface area (Å²) in [6.45, 7) is 3.17. The molecular formula is C15H22N2O3. The molecule has 0 fully saturated rings. The van der Waals surface area contributed by atoms with Crippen molar-refractivity contribution in [1.82, 2.24) is 10.2 Å². The van der Waals surface area contributed by atoms with Crippen molar-refractivity contribution < 1.29 is 14.3 Å². The minimum Gasteiger partial charge on any atom is -0.469 e. The fraction of sp³-hybridized carbons (Fsp3) is 0.467. The molecule has 0 aliphatic heterocycles. The molecule has 0 bridgehead atoms. The highest BCUT2D eigenvalue weighted by molar-refractivity contribution is 5.79. The number of ether oxygens (including phenoxy) is 1. The minimum atomic E-state index is -0.388. The molecule has 5 nitrogen and oxygen atoms in total. The van der Waals surface area contributed by atoms with E-state index in [2.05, 4.69) is 5.32 Å². The number of rotatable bonds is 7. The summed E-state index contributed by atoms with van der Waals surface area (Å²) in [6.07, 6.45) is 0. The van der Waals surface area contributed by atoms with Crippen molar-refractivity contribution in [2.75, 3.05) is 33.8 Å². The average molecular weight is 278 g/mol. The Labute approximate surface area is 119 Å². The zero-order valence-electron chi connectivity index (χ0n) is 12.3. The SMILES string of the molecule is CCNC(=O)CN(C)CC(C(=O)OC)c1ccccc1. The number of benzene rings is 1. The molecule has 1 aromatic rings. The summed E-state index contributed by atoms with van der Waals surface area (Å²) >= 11 is 0. The largest absolute Gasteiger partial charge is 0.469 e. The monoisotopic (exact) mass is 278 g/mol. The number of amides is 1. The van der Waals surface area contributed by atoms with E-state index in [1.807, 2.05) is 49.2 Å². The quantitative estimate of drug-likeness (QED) is 0.756. The lowest BCUT2D eigenvalue weighted by atomic mass is 9.99. The second-order valence-electron chi connectivity index (χ2n) is 4.64. The lowest BCUT2D eigenvalue weighted by Gasteiger charge is -2.22. The fourth-order valence-electron chi connectivity index (χ4n) is 2.02. The number of carbonyl (C=O) groups is 2. The first-order valence-electron chi connectivity index (χ1n) is 6.66. The Bertz CT molecular complexity index is 434. The molecule has 20 heavy (non-hydrogen) atoms. The van der Waals surface area contributed by atoms with Gasteiger partial charge in [0.15, 0.2) is 0 Å². The van der Waals surface area contributed by atoms with Crippen molar-refractivity contribution in [2.45, 2.75) is 12.8 Å². The third-order valence-corrected chi connectivity index (χ3v) is 2.97. The Morgan fingerprint density at radius 2 is 1.95 bits per heavy atom. The Morgan fingerprint density at radius 3 is 2.50 bits per heavy atom. The number of likely N-dealkylation sites (N-methyl/N-ethyl adjacent to an activating group) is 2. The zero-order chi connectivity index (χ0) is 15.0. The molecule has 0 spiro atoms. The smallest absolute Gasteiger partial charge is 0.314 e. The number of methoxy groups -OCH3 is 1. The van der Waals surface area contributed by atoms with E-state index in [4.69, 9.17) is 4.74 Å². The Kier molecular flexibility index (Phi) is 6.73. The van der Waals surface area contributed by atoms with Crippen LogP contribution >= 0.6 is 0 Å². The van der Waals surface area contributed by atoms with Gasteiger partial charge in [-0.05, 0) is 19.5 Å². The van der Waals surface area contributed by atoms with Gasteiger partial charge in [-0.1, -0.05) is 30.3 Å². The molecule has 0 aromatic heterocycles. The van der Waals surface area contributed by atoms with Crippen LogP contribution in [0.25, 0.3) is 0 Å². The van der Waals surface area contributed by atoms with Gasteiger partial charge < -0.3 is 10.1 Å². The van der Waals surface area contributed by atoms with Crippen LogP contribution in [0.5, 0.6) is 0 Å². The van der Waals surface area contributed by atoms with Crippen LogP contribution < -0.4 is 5.32 Å². The lowest BCUT2D eigenvalue weighted by molar-refractivity contribution is -0.143. The van der Waals surface area contributed by atoms with Crippen molar-refractivity contribution in [3.63, 3.8) is 0 Å². The van der Waals surface area contributed by atoms with Crippen LogP contribution in [0.2, 0.25) is 0 Å². The molecule has 0 saturated carbocycles. The van der Waals surface area contributed by atoms with Gasteiger partial charge in [0.25, 0.3) is 0 Å². The van der Waals surface area contributed by atoms with E-state index in [0.29, 0.717) is 13.1 Å². The maximum absolute atomic E-state index is 11.9. The molecule has 0 aliphatic rings. The normalized spacial score (nSPS) is 12.0. The van der Waals surface area contributed by atoms with Crippen molar-refractivity contribution in [2.24, 2.45) is 0 Å². The third-order valence-electron chi connectivity index (χ3n) is 2.97. The maximum atomic E-state index is 11.9. The highest BCUT2D eigenvalue weighted by Crippen LogP contribution is 2.18. The predicted molar refractivity (Wildman–Crippen MR) is 77.4 cm³/mol. The van der Waals surface area contributed by atoms with E-state index < -0.39 is 0 Å². The van der Waals surface area contributed by atoms with Crippen LogP contribution in [0.4, 0.5) is 0 Å². The number of carbonyl (C=O) groups excluding carboxylic acids is 2. The van der Waals surface area contributed by atoms with Crippen molar-refractivity contribution in [1.29, 1.82) is 0 Å². The van der Waals surface area contributed by atoms with Crippen molar-refractivity contribution in [3.8, 4) is 0 Å². The fourth-order valence-corrected chi connectivity index (χ4v) is 2.02. The number of nitrogens with zero attached hydrogens (tertiary/aromatic N) is 1. The topological polar surface area (TPSA) is 58.6 Å². The molecule has 5 heteroatoms. The predicted octanol–water partition coefficient (Wildman–Crippen LogP) is 1.01. The van der Waals surface area contributed by atoms with Crippen molar-refractivity contribution in [3.05, 3.63) is 35.9 Å². The van der Waals surface area contributed by atoms with E-state index in [1.165, 1.54) is 7.11 Å². The molecule has 1 N–H and O–H groups in total. The molecule has 0 aliphatic carbocycles. The third kappa shape index (κ3) is 5.01. The summed E-state index contributed by atoms with van der Waals surface area (Å²) in [5, 5.41) is 2.74. The number of hydrogen-bond donors (Lipinski definition) is 1. The Morgan fingerprint density at radius 1 is 1.30 bits per heavy atom. The Hall–Kier alpha value is -1.88. The van der Waals surface area contributed by atoms with E-state index in [-0.39, 0.29) is 24.3 Å². The van der Waals surface area contributed by atoms with Crippen LogP contribution in [-0.4, -0.2) is 50.6 Å². The van der Waals surface area contributed by atoms with Crippen LogP contribution in [0.1, 0.15) is 18.4 Å². The van der Waals surface area contributed by atoms with Gasteiger partial charge in [0.1, 0.15) is 0 Å². The summed E-state index contributed by atoms with van der Waals surface area (Å²) in [5.41, 5.74) is 0.891. The highest BCUT2D eigenvalue weighted by Gasteiger charge is 2.23. The number of esters is 1. The van der Waals surface area contributed by atoms with Gasteiger partial charge in [-0.15, -0.1) is 0 Å². The first-order chi connectivity index (χ1) is 9.58. The van der Waals surface area contributed by atoms with E-state index >= 15 is 0 Å². The summed E-state index contributed by atoms with van der Waals surface area (Å²) in [5.74, 6) is -0.730. The average Bonchev–Trinajstić information content (AvgIpc) is 2.45. The molecule has 1 atom stereocenters. The van der Waals surface area contributed by atoms with Gasteiger partial charge in [0, 0.05) is 13.1 Å². The first kappa shape index (κ1) is 16.2. The summed E-state index contributed by atoms with van der Waals surface area (Å²) in [4.78, 5) is 25.3. The van der Waals surface area contributed by atoms with Gasteiger partial charge in [-0.2, -0.15) is 0 Å². The zero-order valence-corrected chi connectivity index (χ0v) is 12.3. The molecule has 0 radical (unpaired) electrons. The van der Waals surface area contributed by atoms with E-state index in [9.17, 15) is 9.59 Å². The van der Waals surface area contributed by atoms with Gasteiger partial charge in [0.05, 0.1) is 19.6 Å². The molecule has 0 saturated heterocycles. The van der Waals surface area contributed by atoms with Gasteiger partial charge >= 0.3 is 5.97 Å². The first-order valence-corrected chi connectivity index (χ1v) is 6.66. The van der Waals surface area contributed by atoms with Gasteiger partial charge in [-0.25, -0.2) is 0 Å². The summed E-state index contributed by atoms with van der Waals surface area (Å²) in [7, 11) is 3.19. The molecule has 110 valence electrons. The van der Waals surface area contributed by atoms with Crippen LogP contribution in [0.3, 0.4) is 0 Å². The molecule has 0 heterocycles. The molecule has 1 aromatic carbocycles. The molecule has 1 amide bonds. The number of hydrogen-bond acceptors (Lipinski definition) is 4. The second-order valence-corrected chi connectivity index (χ2v) is 4.64. The van der Waals surface area contributed by atoms with Crippen LogP contribution in [0, 0.1) is 0 Å². The standard InChI is InChI=1S/C15H22N2O3/c1-4-16-14(18)11-17(2)10-13(15(19)20-3)12-8-6-5-7-9-12/h5-9,13H,4,10-11H2,1-3H3,(H,16,18). The van der Waals surface area contributed by atoms with Gasteiger partial charge in [0.2, 0.25) is 5.91 Å². The molecular weight excluding hydrogens is 256 g/mol. The van der Waals surface area contributed by atoms with Crippen LogP contribution in [-0.2, 0) is 14.3 Å².